The maximum atomic E-state index is 8.56. The summed E-state index contributed by atoms with van der Waals surface area (Å²) in [6.45, 7) is 6.71. The first-order valence-electron chi connectivity index (χ1n) is 4.79. The Balaban J connectivity index is 2.56. The van der Waals surface area contributed by atoms with Gasteiger partial charge in [-0.2, -0.15) is 5.26 Å². The summed E-state index contributed by atoms with van der Waals surface area (Å²) in [6.07, 6.45) is 3.90. The molecule has 76 valence electrons. The number of nitriles is 1. The standard InChI is InChI=1S/C10H16N3O/c1-3-14-9-8-13-7-6-12(5-4-11)10(13)2/h6-7H,3,5,8-9H2,1-2H3/q+1. The molecule has 0 N–H and O–H groups in total. The van der Waals surface area contributed by atoms with Crippen molar-refractivity contribution in [2.24, 2.45) is 0 Å². The Kier molecular flexibility index (Phi) is 4.14. The van der Waals surface area contributed by atoms with E-state index < -0.39 is 0 Å². The first-order chi connectivity index (χ1) is 6.79. The van der Waals surface area contributed by atoms with E-state index >= 15 is 0 Å². The van der Waals surface area contributed by atoms with Crippen LogP contribution in [-0.2, 0) is 17.8 Å². The first-order valence-corrected chi connectivity index (χ1v) is 4.79. The van der Waals surface area contributed by atoms with Gasteiger partial charge in [0.2, 0.25) is 0 Å². The van der Waals surface area contributed by atoms with E-state index in [9.17, 15) is 0 Å². The molecule has 0 saturated heterocycles. The van der Waals surface area contributed by atoms with E-state index in [1.165, 1.54) is 0 Å². The van der Waals surface area contributed by atoms with Gasteiger partial charge in [0.15, 0.2) is 6.54 Å². The molecular weight excluding hydrogens is 178 g/mol. The molecule has 1 heterocycles. The largest absolute Gasteiger partial charge is 0.378 e. The van der Waals surface area contributed by atoms with Crippen LogP contribution in [0.2, 0.25) is 0 Å². The number of nitrogens with zero attached hydrogens (tertiary/aromatic N) is 3. The lowest BCUT2D eigenvalue weighted by Gasteiger charge is -1.99. The van der Waals surface area contributed by atoms with Crippen LogP contribution in [0.3, 0.4) is 0 Å². The summed E-state index contributed by atoms with van der Waals surface area (Å²) in [5.74, 6) is 1.09. The molecule has 1 rings (SSSR count). The van der Waals surface area contributed by atoms with Crippen molar-refractivity contribution in [3.63, 3.8) is 0 Å². The van der Waals surface area contributed by atoms with Crippen molar-refractivity contribution in [1.82, 2.24) is 4.57 Å². The van der Waals surface area contributed by atoms with Crippen molar-refractivity contribution < 1.29 is 9.30 Å². The van der Waals surface area contributed by atoms with Crippen molar-refractivity contribution >= 4 is 0 Å². The molecule has 4 nitrogen and oxygen atoms in total. The van der Waals surface area contributed by atoms with Crippen LogP contribution in [0.1, 0.15) is 12.7 Å². The Morgan fingerprint density at radius 3 is 3.07 bits per heavy atom. The van der Waals surface area contributed by atoms with E-state index in [4.69, 9.17) is 10.00 Å². The minimum Gasteiger partial charge on any atom is -0.378 e. The fourth-order valence-corrected chi connectivity index (χ4v) is 1.33. The average molecular weight is 194 g/mol. The Morgan fingerprint density at radius 2 is 2.43 bits per heavy atom. The van der Waals surface area contributed by atoms with Gasteiger partial charge in [0.05, 0.1) is 6.61 Å². The molecule has 0 aliphatic carbocycles. The number of hydrogen-bond acceptors (Lipinski definition) is 2. The van der Waals surface area contributed by atoms with E-state index in [1.807, 2.05) is 30.8 Å². The molecule has 1 aromatic rings. The summed E-state index contributed by atoms with van der Waals surface area (Å²) < 4.78 is 9.28. The van der Waals surface area contributed by atoms with Gasteiger partial charge in [0.1, 0.15) is 25.0 Å². The van der Waals surface area contributed by atoms with E-state index in [0.717, 1.165) is 25.6 Å². The molecule has 1 aromatic heterocycles. The zero-order valence-electron chi connectivity index (χ0n) is 8.73. The highest BCUT2D eigenvalue weighted by Gasteiger charge is 2.10. The summed E-state index contributed by atoms with van der Waals surface area (Å²) in [6, 6.07) is 2.12. The summed E-state index contributed by atoms with van der Waals surface area (Å²) in [5.41, 5.74) is 0. The highest BCUT2D eigenvalue weighted by molar-refractivity contribution is 4.84. The zero-order valence-corrected chi connectivity index (χ0v) is 8.73. The monoisotopic (exact) mass is 194 g/mol. The molecule has 0 fully saturated rings. The van der Waals surface area contributed by atoms with Gasteiger partial charge in [-0.15, -0.1) is 0 Å². The van der Waals surface area contributed by atoms with Crippen LogP contribution < -0.4 is 4.57 Å². The molecule has 0 spiro atoms. The highest BCUT2D eigenvalue weighted by atomic mass is 16.5. The van der Waals surface area contributed by atoms with Gasteiger partial charge < -0.3 is 4.74 Å². The van der Waals surface area contributed by atoms with Crippen LogP contribution in [-0.4, -0.2) is 17.8 Å². The SMILES string of the molecule is CCOCC[n+]1ccn(CC#N)c1C. The van der Waals surface area contributed by atoms with E-state index in [-0.39, 0.29) is 0 Å². The lowest BCUT2D eigenvalue weighted by molar-refractivity contribution is -0.703. The predicted molar refractivity (Wildman–Crippen MR) is 51.5 cm³/mol. The molecule has 0 aliphatic rings. The number of aromatic nitrogens is 2. The van der Waals surface area contributed by atoms with Crippen molar-refractivity contribution in [1.29, 1.82) is 5.26 Å². The van der Waals surface area contributed by atoms with Gasteiger partial charge in [-0.05, 0) is 6.92 Å². The quantitative estimate of drug-likeness (QED) is 0.510. The molecule has 0 amide bonds. The maximum Gasteiger partial charge on any atom is 0.254 e. The van der Waals surface area contributed by atoms with Crippen LogP contribution in [0.4, 0.5) is 0 Å². The third-order valence-electron chi connectivity index (χ3n) is 2.18. The van der Waals surface area contributed by atoms with Gasteiger partial charge >= 0.3 is 0 Å². The van der Waals surface area contributed by atoms with Crippen LogP contribution in [0, 0.1) is 18.3 Å². The van der Waals surface area contributed by atoms with Gasteiger partial charge in [-0.3, -0.25) is 0 Å². The molecule has 0 aliphatic heterocycles. The van der Waals surface area contributed by atoms with Crippen molar-refractivity contribution in [2.75, 3.05) is 13.2 Å². The number of imidazole rings is 1. The van der Waals surface area contributed by atoms with Gasteiger partial charge in [-0.25, -0.2) is 9.13 Å². The summed E-state index contributed by atoms with van der Waals surface area (Å²) in [7, 11) is 0. The highest BCUT2D eigenvalue weighted by Crippen LogP contribution is 1.92. The lowest BCUT2D eigenvalue weighted by atomic mass is 10.5. The van der Waals surface area contributed by atoms with E-state index in [2.05, 4.69) is 10.6 Å². The molecule has 0 radical (unpaired) electrons. The number of hydrogen-bond donors (Lipinski definition) is 0. The predicted octanol–water partition coefficient (Wildman–Crippen LogP) is 0.644. The van der Waals surface area contributed by atoms with Gasteiger partial charge in [-0.1, -0.05) is 0 Å². The molecule has 0 aromatic carbocycles. The molecule has 0 unspecified atom stereocenters. The van der Waals surface area contributed by atoms with Crippen molar-refractivity contribution in [2.45, 2.75) is 26.9 Å². The smallest absolute Gasteiger partial charge is 0.254 e. The summed E-state index contributed by atoms with van der Waals surface area (Å²) in [5, 5.41) is 8.56. The van der Waals surface area contributed by atoms with Crippen LogP contribution in [0.15, 0.2) is 12.4 Å². The minimum atomic E-state index is 0.410. The summed E-state index contributed by atoms with van der Waals surface area (Å²) >= 11 is 0. The van der Waals surface area contributed by atoms with Crippen molar-refractivity contribution in [3.05, 3.63) is 18.2 Å². The van der Waals surface area contributed by atoms with Crippen LogP contribution in [0.5, 0.6) is 0 Å². The van der Waals surface area contributed by atoms with Gasteiger partial charge in [0.25, 0.3) is 5.82 Å². The molecule has 0 atom stereocenters. The van der Waals surface area contributed by atoms with E-state index in [0.29, 0.717) is 6.54 Å². The number of ether oxygens (including phenoxy) is 1. The number of rotatable bonds is 5. The van der Waals surface area contributed by atoms with Crippen LogP contribution >= 0.6 is 0 Å². The summed E-state index contributed by atoms with van der Waals surface area (Å²) in [4.78, 5) is 0. The van der Waals surface area contributed by atoms with Gasteiger partial charge in [0, 0.05) is 13.5 Å². The Labute approximate surface area is 84.3 Å². The molecule has 14 heavy (non-hydrogen) atoms. The van der Waals surface area contributed by atoms with Crippen LogP contribution in [0.25, 0.3) is 0 Å². The average Bonchev–Trinajstić information content (AvgIpc) is 2.51. The topological polar surface area (TPSA) is 41.8 Å². The second kappa shape index (κ2) is 5.40. The fraction of sp³-hybridized carbons (Fsp3) is 0.600. The van der Waals surface area contributed by atoms with Crippen molar-refractivity contribution in [3.8, 4) is 6.07 Å². The molecule has 4 heteroatoms. The Morgan fingerprint density at radius 1 is 1.64 bits per heavy atom. The van der Waals surface area contributed by atoms with E-state index in [1.54, 1.807) is 0 Å². The third-order valence-corrected chi connectivity index (χ3v) is 2.18. The molecule has 0 saturated carbocycles. The zero-order chi connectivity index (χ0) is 10.4. The normalized spacial score (nSPS) is 10.1. The second-order valence-electron chi connectivity index (χ2n) is 3.02. The first kappa shape index (κ1) is 10.7. The molecule has 0 bridgehead atoms. The Hall–Kier alpha value is -1.34. The Bertz CT molecular complexity index is 325. The minimum absolute atomic E-state index is 0.410. The third kappa shape index (κ3) is 2.57. The maximum absolute atomic E-state index is 8.56. The molecular formula is C10H16N3O+. The fourth-order valence-electron chi connectivity index (χ4n) is 1.33. The second-order valence-corrected chi connectivity index (χ2v) is 3.02. The lowest BCUT2D eigenvalue weighted by Crippen LogP contribution is -2.37.